The molecule has 4 rings (SSSR count). The number of nitrogens with one attached hydrogen (secondary N) is 1. The van der Waals surface area contributed by atoms with Gasteiger partial charge in [0.2, 0.25) is 0 Å². The first-order chi connectivity index (χ1) is 17.8. The van der Waals surface area contributed by atoms with Crippen molar-refractivity contribution in [3.63, 3.8) is 0 Å². The molecule has 0 spiro atoms. The fourth-order valence-corrected chi connectivity index (χ4v) is 4.21. The first-order valence-corrected chi connectivity index (χ1v) is 11.4. The minimum atomic E-state index is -1.38. The Labute approximate surface area is 211 Å². The zero-order valence-electron chi connectivity index (χ0n) is 19.7. The van der Waals surface area contributed by atoms with Gasteiger partial charge in [0.25, 0.3) is 17.7 Å². The molecule has 37 heavy (non-hydrogen) atoms. The molecule has 0 bridgehead atoms. The average Bonchev–Trinajstić information content (AvgIpc) is 3.35. The van der Waals surface area contributed by atoms with E-state index >= 15 is 0 Å². The third kappa shape index (κ3) is 5.63. The van der Waals surface area contributed by atoms with Crippen LogP contribution in [0.5, 0.6) is 0 Å². The van der Waals surface area contributed by atoms with Crippen molar-refractivity contribution in [2.75, 3.05) is 13.1 Å². The van der Waals surface area contributed by atoms with Crippen molar-refractivity contribution in [1.29, 1.82) is 5.26 Å². The Balaban J connectivity index is 1.64. The fraction of sp³-hybridized carbons (Fsp3) is 0.185. The van der Waals surface area contributed by atoms with E-state index in [1.165, 1.54) is 23.1 Å². The molecule has 1 heterocycles. The van der Waals surface area contributed by atoms with Crippen LogP contribution in [-0.2, 0) is 17.9 Å². The molecule has 0 aliphatic carbocycles. The van der Waals surface area contributed by atoms with Gasteiger partial charge in [-0.2, -0.15) is 5.26 Å². The molecular weight excluding hydrogens is 480 g/mol. The summed E-state index contributed by atoms with van der Waals surface area (Å²) in [6.45, 7) is 0.383. The van der Waals surface area contributed by atoms with Crippen LogP contribution in [0.25, 0.3) is 0 Å². The zero-order chi connectivity index (χ0) is 26.5. The van der Waals surface area contributed by atoms with Crippen LogP contribution in [0, 0.1) is 23.0 Å². The summed E-state index contributed by atoms with van der Waals surface area (Å²) in [6, 6.07) is 17.6. The van der Waals surface area contributed by atoms with E-state index < -0.39 is 35.5 Å². The fourth-order valence-electron chi connectivity index (χ4n) is 4.21. The van der Waals surface area contributed by atoms with Crippen LogP contribution in [0.2, 0.25) is 0 Å². The van der Waals surface area contributed by atoms with Crippen LogP contribution in [0.4, 0.5) is 8.78 Å². The summed E-state index contributed by atoms with van der Waals surface area (Å²) in [5, 5.41) is 11.9. The standard InChI is InChI=1S/C27H23F2N5O3/c28-22-11-21(12-23(29)13-22)27(37)34-8-7-33(26(36)20-6-2-4-18(10-20)15-31)25(34)24(35)32-16-19-5-1-3-17(9-19)14-30/h1-6,9-13,25H,7-8,14,16,30H2,(H,32,35). The molecule has 1 atom stereocenters. The van der Waals surface area contributed by atoms with Crippen LogP contribution in [0.15, 0.2) is 66.7 Å². The number of amides is 3. The lowest BCUT2D eigenvalue weighted by Crippen LogP contribution is -2.53. The third-order valence-corrected chi connectivity index (χ3v) is 5.97. The molecule has 1 unspecified atom stereocenters. The van der Waals surface area contributed by atoms with Gasteiger partial charge in [0.15, 0.2) is 6.17 Å². The van der Waals surface area contributed by atoms with Crippen molar-refractivity contribution in [3.8, 4) is 6.07 Å². The molecule has 1 fully saturated rings. The smallest absolute Gasteiger partial charge is 0.264 e. The van der Waals surface area contributed by atoms with Gasteiger partial charge in [-0.3, -0.25) is 14.4 Å². The van der Waals surface area contributed by atoms with Gasteiger partial charge in [-0.15, -0.1) is 0 Å². The highest BCUT2D eigenvalue weighted by atomic mass is 19.1. The van der Waals surface area contributed by atoms with E-state index in [0.717, 1.165) is 28.2 Å². The second-order valence-electron chi connectivity index (χ2n) is 8.46. The highest BCUT2D eigenvalue weighted by Crippen LogP contribution is 2.22. The van der Waals surface area contributed by atoms with Crippen molar-refractivity contribution < 1.29 is 23.2 Å². The number of carbonyl (C=O) groups is 3. The largest absolute Gasteiger partial charge is 0.349 e. The van der Waals surface area contributed by atoms with E-state index in [1.54, 1.807) is 18.2 Å². The van der Waals surface area contributed by atoms with E-state index in [0.29, 0.717) is 12.6 Å². The molecule has 1 aliphatic rings. The topological polar surface area (TPSA) is 120 Å². The van der Waals surface area contributed by atoms with E-state index in [-0.39, 0.29) is 36.3 Å². The SMILES string of the molecule is N#Cc1cccc(C(=O)N2CCN(C(=O)c3cc(F)cc(F)c3)C2C(=O)NCc2cccc(CN)c2)c1. The summed E-state index contributed by atoms with van der Waals surface area (Å²) in [5.41, 5.74) is 7.45. The Hall–Kier alpha value is -4.62. The molecule has 0 radical (unpaired) electrons. The van der Waals surface area contributed by atoms with Gasteiger partial charge in [-0.25, -0.2) is 8.78 Å². The van der Waals surface area contributed by atoms with E-state index in [9.17, 15) is 28.4 Å². The van der Waals surface area contributed by atoms with Crippen LogP contribution >= 0.6 is 0 Å². The minimum Gasteiger partial charge on any atom is -0.349 e. The van der Waals surface area contributed by atoms with Crippen molar-refractivity contribution in [2.45, 2.75) is 19.3 Å². The maximum Gasteiger partial charge on any atom is 0.264 e. The maximum absolute atomic E-state index is 13.8. The van der Waals surface area contributed by atoms with Crippen LogP contribution in [0.3, 0.4) is 0 Å². The number of nitrogens with two attached hydrogens (primary N) is 1. The molecule has 188 valence electrons. The average molecular weight is 504 g/mol. The second-order valence-corrected chi connectivity index (χ2v) is 8.46. The van der Waals surface area contributed by atoms with Crippen LogP contribution in [0.1, 0.15) is 37.4 Å². The maximum atomic E-state index is 13.8. The van der Waals surface area contributed by atoms with Crippen molar-refractivity contribution in [1.82, 2.24) is 15.1 Å². The lowest BCUT2D eigenvalue weighted by molar-refractivity contribution is -0.128. The van der Waals surface area contributed by atoms with Crippen LogP contribution < -0.4 is 11.1 Å². The van der Waals surface area contributed by atoms with Gasteiger partial charge in [-0.1, -0.05) is 30.3 Å². The number of nitrogens with zero attached hydrogens (tertiary/aromatic N) is 3. The molecule has 1 saturated heterocycles. The summed E-state index contributed by atoms with van der Waals surface area (Å²) >= 11 is 0. The Bertz CT molecular complexity index is 1380. The molecule has 3 amide bonds. The number of benzene rings is 3. The Morgan fingerprint density at radius 3 is 2.16 bits per heavy atom. The number of halogens is 2. The molecule has 3 N–H and O–H groups in total. The summed E-state index contributed by atoms with van der Waals surface area (Å²) in [6.07, 6.45) is -1.38. The van der Waals surface area contributed by atoms with Gasteiger partial charge in [0.05, 0.1) is 11.6 Å². The Morgan fingerprint density at radius 2 is 1.51 bits per heavy atom. The normalized spacial score (nSPS) is 14.8. The lowest BCUT2D eigenvalue weighted by atomic mass is 10.1. The second kappa shape index (κ2) is 11.0. The number of nitriles is 1. The Kier molecular flexibility index (Phi) is 7.55. The minimum absolute atomic E-state index is 0.000101. The molecule has 0 saturated carbocycles. The summed E-state index contributed by atoms with van der Waals surface area (Å²) in [7, 11) is 0. The highest BCUT2D eigenvalue weighted by molar-refractivity contribution is 6.02. The van der Waals surface area contributed by atoms with Gasteiger partial charge < -0.3 is 20.9 Å². The molecule has 10 heteroatoms. The molecule has 8 nitrogen and oxygen atoms in total. The first-order valence-electron chi connectivity index (χ1n) is 11.4. The molecule has 3 aromatic carbocycles. The number of hydrogen-bond acceptors (Lipinski definition) is 5. The Morgan fingerprint density at radius 1 is 0.892 bits per heavy atom. The number of carbonyl (C=O) groups excluding carboxylic acids is 3. The zero-order valence-corrected chi connectivity index (χ0v) is 19.7. The van der Waals surface area contributed by atoms with E-state index in [2.05, 4.69) is 5.32 Å². The van der Waals surface area contributed by atoms with Gasteiger partial charge >= 0.3 is 0 Å². The van der Waals surface area contributed by atoms with Gasteiger partial charge in [0, 0.05) is 43.4 Å². The predicted octanol–water partition coefficient (Wildman–Crippen LogP) is 2.54. The first kappa shape index (κ1) is 25.5. The highest BCUT2D eigenvalue weighted by Gasteiger charge is 2.43. The van der Waals surface area contributed by atoms with E-state index in [1.807, 2.05) is 18.2 Å². The predicted molar refractivity (Wildman–Crippen MR) is 130 cm³/mol. The summed E-state index contributed by atoms with van der Waals surface area (Å²) < 4.78 is 27.6. The lowest BCUT2D eigenvalue weighted by Gasteiger charge is -2.29. The van der Waals surface area contributed by atoms with Crippen molar-refractivity contribution in [2.24, 2.45) is 5.73 Å². The number of hydrogen-bond donors (Lipinski definition) is 2. The van der Waals surface area contributed by atoms with Crippen molar-refractivity contribution >= 4 is 17.7 Å². The summed E-state index contributed by atoms with van der Waals surface area (Å²) in [4.78, 5) is 42.3. The summed E-state index contributed by atoms with van der Waals surface area (Å²) in [5.74, 6) is -3.90. The van der Waals surface area contributed by atoms with Gasteiger partial charge in [0.1, 0.15) is 11.6 Å². The molecule has 3 aromatic rings. The molecule has 0 aromatic heterocycles. The van der Waals surface area contributed by atoms with Gasteiger partial charge in [-0.05, 0) is 41.5 Å². The third-order valence-electron chi connectivity index (χ3n) is 5.97. The van der Waals surface area contributed by atoms with E-state index in [4.69, 9.17) is 5.73 Å². The van der Waals surface area contributed by atoms with Crippen molar-refractivity contribution in [3.05, 3.63) is 106 Å². The van der Waals surface area contributed by atoms with Crippen LogP contribution in [-0.4, -0.2) is 46.8 Å². The number of rotatable bonds is 6. The quantitative estimate of drug-likeness (QED) is 0.536. The molecular formula is C27H23F2N5O3. The molecule has 1 aliphatic heterocycles. The monoisotopic (exact) mass is 503 g/mol.